The van der Waals surface area contributed by atoms with E-state index >= 15 is 0 Å². The third-order valence-corrected chi connectivity index (χ3v) is 3.80. The molecule has 0 bridgehead atoms. The molecule has 0 fully saturated rings. The molecule has 1 N–H and O–H groups in total. The van der Waals surface area contributed by atoms with Crippen molar-refractivity contribution >= 4 is 11.3 Å². The summed E-state index contributed by atoms with van der Waals surface area (Å²) in [6.45, 7) is 4.99. The fraction of sp³-hybridized carbons (Fsp3) is 0.357. The number of benzene rings is 1. The average molecular weight is 282 g/mol. The molecule has 1 heterocycles. The number of nitrogens with zero attached hydrogens (tertiary/aromatic N) is 1. The Bertz CT molecular complexity index is 522. The molecule has 0 radical (unpaired) electrons. The van der Waals surface area contributed by atoms with Gasteiger partial charge in [0, 0.05) is 22.5 Å². The van der Waals surface area contributed by atoms with Gasteiger partial charge in [-0.2, -0.15) is 0 Å². The van der Waals surface area contributed by atoms with Crippen LogP contribution in [0.1, 0.15) is 37.6 Å². The van der Waals surface area contributed by atoms with Gasteiger partial charge in [0.2, 0.25) is 0 Å². The molecule has 0 saturated carbocycles. The lowest BCUT2D eigenvalue weighted by Gasteiger charge is -2.08. The number of hydrogen-bond donors (Lipinski definition) is 1. The van der Waals surface area contributed by atoms with Crippen molar-refractivity contribution < 1.29 is 8.78 Å². The van der Waals surface area contributed by atoms with Crippen LogP contribution in [0.15, 0.2) is 29.6 Å². The first-order valence-corrected chi connectivity index (χ1v) is 7.07. The van der Waals surface area contributed by atoms with Gasteiger partial charge in [0.05, 0.1) is 5.69 Å². The van der Waals surface area contributed by atoms with Crippen molar-refractivity contribution in [2.45, 2.75) is 26.3 Å². The molecule has 2 rings (SSSR count). The largest absolute Gasteiger partial charge is 0.309 e. The molecule has 0 amide bonds. The summed E-state index contributed by atoms with van der Waals surface area (Å²) in [5.41, 5.74) is 1.91. The molecule has 0 spiro atoms. The van der Waals surface area contributed by atoms with Crippen LogP contribution in [-0.2, 0) is 0 Å². The van der Waals surface area contributed by atoms with Gasteiger partial charge in [-0.25, -0.2) is 13.8 Å². The first kappa shape index (κ1) is 14.1. The summed E-state index contributed by atoms with van der Waals surface area (Å²) in [4.78, 5) is 4.54. The zero-order valence-electron chi connectivity index (χ0n) is 10.9. The Hall–Kier alpha value is -1.33. The molecule has 0 saturated heterocycles. The number of thiazole rings is 1. The van der Waals surface area contributed by atoms with Crippen LogP contribution in [0.2, 0.25) is 0 Å². The molecule has 1 aromatic carbocycles. The van der Waals surface area contributed by atoms with Crippen molar-refractivity contribution in [2.24, 2.45) is 0 Å². The maximum Gasteiger partial charge on any atom is 0.263 e. The van der Waals surface area contributed by atoms with Gasteiger partial charge in [0.15, 0.2) is 0 Å². The van der Waals surface area contributed by atoms with Gasteiger partial charge in [-0.05, 0) is 13.5 Å². The third kappa shape index (κ3) is 3.36. The van der Waals surface area contributed by atoms with Crippen LogP contribution in [0.5, 0.6) is 0 Å². The van der Waals surface area contributed by atoms with Crippen LogP contribution in [-0.4, -0.2) is 11.5 Å². The molecule has 2 aromatic rings. The summed E-state index contributed by atoms with van der Waals surface area (Å²) in [6, 6.07) is 6.50. The van der Waals surface area contributed by atoms with Crippen LogP contribution in [0.4, 0.5) is 8.78 Å². The van der Waals surface area contributed by atoms with Gasteiger partial charge < -0.3 is 5.32 Å². The molecule has 0 aliphatic rings. The van der Waals surface area contributed by atoms with Crippen LogP contribution in [0, 0.1) is 0 Å². The van der Waals surface area contributed by atoms with E-state index in [1.54, 1.807) is 12.1 Å². The lowest BCUT2D eigenvalue weighted by atomic mass is 10.1. The number of rotatable bonds is 5. The highest BCUT2D eigenvalue weighted by molar-refractivity contribution is 7.13. The molecule has 2 nitrogen and oxygen atoms in total. The van der Waals surface area contributed by atoms with Gasteiger partial charge in [0.25, 0.3) is 6.43 Å². The lowest BCUT2D eigenvalue weighted by Crippen LogP contribution is -2.17. The van der Waals surface area contributed by atoms with E-state index in [1.165, 1.54) is 23.5 Å². The predicted molar refractivity (Wildman–Crippen MR) is 74.6 cm³/mol. The van der Waals surface area contributed by atoms with Crippen molar-refractivity contribution in [3.63, 3.8) is 0 Å². The van der Waals surface area contributed by atoms with Gasteiger partial charge in [-0.1, -0.05) is 31.2 Å². The Balaban J connectivity index is 2.18. The number of halogens is 2. The van der Waals surface area contributed by atoms with E-state index in [0.717, 1.165) is 22.8 Å². The van der Waals surface area contributed by atoms with Crippen molar-refractivity contribution in [3.8, 4) is 10.6 Å². The van der Waals surface area contributed by atoms with Crippen molar-refractivity contribution in [1.29, 1.82) is 0 Å². The highest BCUT2D eigenvalue weighted by Gasteiger charge is 2.11. The molecular formula is C14H16F2N2S. The van der Waals surface area contributed by atoms with Crippen LogP contribution < -0.4 is 5.32 Å². The molecule has 1 unspecified atom stereocenters. The van der Waals surface area contributed by atoms with Gasteiger partial charge >= 0.3 is 0 Å². The van der Waals surface area contributed by atoms with Crippen LogP contribution >= 0.6 is 11.3 Å². The van der Waals surface area contributed by atoms with Gasteiger partial charge in [-0.15, -0.1) is 11.3 Å². The highest BCUT2D eigenvalue weighted by Crippen LogP contribution is 2.28. The minimum Gasteiger partial charge on any atom is -0.309 e. The number of alkyl halides is 2. The molecule has 102 valence electrons. The number of aromatic nitrogens is 1. The Kier molecular flexibility index (Phi) is 4.61. The maximum absolute atomic E-state index is 12.5. The molecule has 19 heavy (non-hydrogen) atoms. The van der Waals surface area contributed by atoms with Crippen molar-refractivity contribution in [1.82, 2.24) is 10.3 Å². The topological polar surface area (TPSA) is 24.9 Å². The second-order valence-corrected chi connectivity index (χ2v) is 5.14. The summed E-state index contributed by atoms with van der Waals surface area (Å²) in [5.74, 6) is 0. The summed E-state index contributed by atoms with van der Waals surface area (Å²) >= 11 is 1.53. The molecular weight excluding hydrogens is 266 g/mol. The normalized spacial score (nSPS) is 12.9. The monoisotopic (exact) mass is 282 g/mol. The van der Waals surface area contributed by atoms with Crippen LogP contribution in [0.25, 0.3) is 10.6 Å². The highest BCUT2D eigenvalue weighted by atomic mass is 32.1. The van der Waals surface area contributed by atoms with Crippen molar-refractivity contribution in [3.05, 3.63) is 40.9 Å². The first-order chi connectivity index (χ1) is 9.11. The maximum atomic E-state index is 12.5. The summed E-state index contributed by atoms with van der Waals surface area (Å²) < 4.78 is 24.9. The van der Waals surface area contributed by atoms with Gasteiger partial charge in [0.1, 0.15) is 5.01 Å². The summed E-state index contributed by atoms with van der Waals surface area (Å²) in [6.07, 6.45) is -2.42. The Morgan fingerprint density at radius 2 is 1.95 bits per heavy atom. The average Bonchev–Trinajstić information content (AvgIpc) is 2.89. The quantitative estimate of drug-likeness (QED) is 0.878. The predicted octanol–water partition coefficient (Wildman–Crippen LogP) is 4.42. The Morgan fingerprint density at radius 1 is 1.26 bits per heavy atom. The second-order valence-electron chi connectivity index (χ2n) is 4.28. The summed E-state index contributed by atoms with van der Waals surface area (Å²) in [7, 11) is 0. The fourth-order valence-electron chi connectivity index (χ4n) is 1.80. The van der Waals surface area contributed by atoms with Gasteiger partial charge in [-0.3, -0.25) is 0 Å². The Morgan fingerprint density at radius 3 is 2.53 bits per heavy atom. The van der Waals surface area contributed by atoms with E-state index < -0.39 is 6.43 Å². The first-order valence-electron chi connectivity index (χ1n) is 6.19. The van der Waals surface area contributed by atoms with Crippen molar-refractivity contribution in [2.75, 3.05) is 6.54 Å². The lowest BCUT2D eigenvalue weighted by molar-refractivity contribution is 0.151. The fourth-order valence-corrected chi connectivity index (χ4v) is 2.72. The minimum absolute atomic E-state index is 0.0431. The third-order valence-electron chi connectivity index (χ3n) is 2.89. The molecule has 1 aromatic heterocycles. The zero-order valence-corrected chi connectivity index (χ0v) is 11.7. The van der Waals surface area contributed by atoms with E-state index in [-0.39, 0.29) is 11.6 Å². The van der Waals surface area contributed by atoms with E-state index in [2.05, 4.69) is 17.2 Å². The van der Waals surface area contributed by atoms with E-state index in [9.17, 15) is 8.78 Å². The molecule has 0 aliphatic carbocycles. The van der Waals surface area contributed by atoms with E-state index in [4.69, 9.17) is 0 Å². The zero-order chi connectivity index (χ0) is 13.8. The Labute approximate surface area is 115 Å². The van der Waals surface area contributed by atoms with E-state index in [1.807, 2.05) is 12.3 Å². The smallest absolute Gasteiger partial charge is 0.263 e. The number of hydrogen-bond acceptors (Lipinski definition) is 3. The minimum atomic E-state index is -2.42. The van der Waals surface area contributed by atoms with Crippen LogP contribution in [0.3, 0.4) is 0 Å². The number of nitrogens with one attached hydrogen (secondary N) is 1. The van der Waals surface area contributed by atoms with E-state index in [0.29, 0.717) is 0 Å². The second kappa shape index (κ2) is 6.21. The standard InChI is InChI=1S/C14H16F2N2S/c1-3-17-9(2)12-8-19-14(18-12)11-6-4-10(5-7-11)13(15)16/h4-9,13,17H,3H2,1-2H3. The summed E-state index contributed by atoms with van der Waals surface area (Å²) in [5, 5.41) is 6.16. The molecule has 1 atom stereocenters. The molecule has 0 aliphatic heterocycles. The molecule has 5 heteroatoms. The SMILES string of the molecule is CCNC(C)c1csc(-c2ccc(C(F)F)cc2)n1.